The van der Waals surface area contributed by atoms with E-state index in [2.05, 4.69) is 15.0 Å². The van der Waals surface area contributed by atoms with Gasteiger partial charge in [-0.2, -0.15) is 0 Å². The second-order valence-electron chi connectivity index (χ2n) is 6.59. The van der Waals surface area contributed by atoms with Crippen LogP contribution >= 0.6 is 0 Å². The van der Waals surface area contributed by atoms with Gasteiger partial charge < -0.3 is 24.4 Å². The zero-order valence-corrected chi connectivity index (χ0v) is 15.9. The van der Waals surface area contributed by atoms with Crippen molar-refractivity contribution in [3.63, 3.8) is 0 Å². The summed E-state index contributed by atoms with van der Waals surface area (Å²) in [4.78, 5) is 39.5. The van der Waals surface area contributed by atoms with Gasteiger partial charge in [-0.05, 0) is 18.2 Å². The highest BCUT2D eigenvalue weighted by atomic mass is 16.5. The van der Waals surface area contributed by atoms with E-state index in [4.69, 9.17) is 9.47 Å². The molecule has 1 aromatic rings. The zero-order chi connectivity index (χ0) is 19.9. The first kappa shape index (κ1) is 20.1. The average Bonchev–Trinajstić information content (AvgIpc) is 2.72. The number of anilines is 2. The normalized spacial score (nSPS) is 16.9. The third-order valence-electron chi connectivity index (χ3n) is 4.71. The van der Waals surface area contributed by atoms with Gasteiger partial charge in [-0.15, -0.1) is 0 Å². The van der Waals surface area contributed by atoms with E-state index >= 15 is 0 Å². The number of esters is 1. The Morgan fingerprint density at radius 3 is 2.71 bits per heavy atom. The lowest BCUT2D eigenvalue weighted by atomic mass is 10.2. The van der Waals surface area contributed by atoms with E-state index in [1.807, 2.05) is 0 Å². The number of carbonyl (C=O) groups excluding carboxylic acids is 3. The average molecular weight is 391 g/mol. The van der Waals surface area contributed by atoms with Crippen molar-refractivity contribution >= 4 is 29.2 Å². The number of morpholine rings is 1. The molecule has 0 radical (unpaired) electrons. The highest BCUT2D eigenvalue weighted by Gasteiger charge is 2.26. The van der Waals surface area contributed by atoms with E-state index in [1.54, 1.807) is 23.1 Å². The maximum atomic E-state index is 12.4. The van der Waals surface area contributed by atoms with Gasteiger partial charge in [-0.1, -0.05) is 0 Å². The lowest BCUT2D eigenvalue weighted by Gasteiger charge is -2.33. The van der Waals surface area contributed by atoms with Gasteiger partial charge in [0.05, 0.1) is 32.4 Å². The lowest BCUT2D eigenvalue weighted by Crippen LogP contribution is -2.45. The molecule has 9 nitrogen and oxygen atoms in total. The third-order valence-corrected chi connectivity index (χ3v) is 4.71. The molecule has 28 heavy (non-hydrogen) atoms. The fourth-order valence-corrected chi connectivity index (χ4v) is 3.13. The predicted molar refractivity (Wildman–Crippen MR) is 101 cm³/mol. The molecule has 2 aliphatic rings. The number of benzene rings is 1. The Morgan fingerprint density at radius 2 is 1.96 bits per heavy atom. The van der Waals surface area contributed by atoms with Gasteiger partial charge in [0.1, 0.15) is 5.75 Å². The smallest absolute Gasteiger partial charge is 0.306 e. The summed E-state index contributed by atoms with van der Waals surface area (Å²) >= 11 is 0. The number of methoxy groups -OCH3 is 1. The fraction of sp³-hybridized carbons (Fsp3) is 0.526. The van der Waals surface area contributed by atoms with Crippen molar-refractivity contribution in [1.82, 2.24) is 4.90 Å². The summed E-state index contributed by atoms with van der Waals surface area (Å²) in [7, 11) is 1.28. The van der Waals surface area contributed by atoms with Crippen LogP contribution in [0.3, 0.4) is 0 Å². The molecule has 0 unspecified atom stereocenters. The van der Waals surface area contributed by atoms with Crippen LogP contribution in [0.5, 0.6) is 5.75 Å². The Labute approximate surface area is 163 Å². The van der Waals surface area contributed by atoms with Crippen LogP contribution in [0.2, 0.25) is 0 Å². The summed E-state index contributed by atoms with van der Waals surface area (Å²) in [5.74, 6) is -0.244. The number of hydrogen-bond acceptors (Lipinski definition) is 7. The molecule has 0 aromatic heterocycles. The van der Waals surface area contributed by atoms with Crippen molar-refractivity contribution < 1.29 is 28.6 Å². The van der Waals surface area contributed by atoms with Crippen LogP contribution in [0.15, 0.2) is 18.2 Å². The summed E-state index contributed by atoms with van der Waals surface area (Å²) in [5, 5.41) is 2.75. The standard InChI is InChI=1S/C19H25N3O6/c1-26-19(25)5-4-17(23)20-14-2-3-16-15(12-14)22(18(24)13-28-16)7-6-21-8-10-27-11-9-21/h2-3,12H,4-11,13H2,1H3,(H,20,23). The Bertz CT molecular complexity index is 732. The predicted octanol–water partition coefficient (Wildman–Crippen LogP) is 0.636. The number of nitrogens with one attached hydrogen (secondary N) is 1. The molecule has 152 valence electrons. The monoisotopic (exact) mass is 391 g/mol. The Hall–Kier alpha value is -2.65. The minimum Gasteiger partial charge on any atom is -0.482 e. The first-order valence-electron chi connectivity index (χ1n) is 9.31. The van der Waals surface area contributed by atoms with Crippen LogP contribution in [0.1, 0.15) is 12.8 Å². The highest BCUT2D eigenvalue weighted by molar-refractivity contribution is 5.99. The van der Waals surface area contributed by atoms with Crippen molar-refractivity contribution in [2.45, 2.75) is 12.8 Å². The van der Waals surface area contributed by atoms with Crippen LogP contribution in [0.4, 0.5) is 11.4 Å². The van der Waals surface area contributed by atoms with Crippen molar-refractivity contribution in [1.29, 1.82) is 0 Å². The summed E-state index contributed by atoms with van der Waals surface area (Å²) in [5.41, 5.74) is 1.18. The maximum absolute atomic E-state index is 12.4. The fourth-order valence-electron chi connectivity index (χ4n) is 3.13. The molecule has 0 aliphatic carbocycles. The van der Waals surface area contributed by atoms with Crippen LogP contribution < -0.4 is 15.0 Å². The topological polar surface area (TPSA) is 97.4 Å². The van der Waals surface area contributed by atoms with Gasteiger partial charge >= 0.3 is 5.97 Å². The summed E-state index contributed by atoms with van der Waals surface area (Å²) in [6, 6.07) is 5.17. The van der Waals surface area contributed by atoms with E-state index in [9.17, 15) is 14.4 Å². The van der Waals surface area contributed by atoms with Gasteiger partial charge in [0.25, 0.3) is 5.91 Å². The molecule has 2 aliphatic heterocycles. The largest absolute Gasteiger partial charge is 0.482 e. The molecule has 2 amide bonds. The number of rotatable bonds is 7. The maximum Gasteiger partial charge on any atom is 0.306 e. The number of amides is 2. The molecule has 1 saturated heterocycles. The number of ether oxygens (including phenoxy) is 3. The van der Waals surface area contributed by atoms with Crippen LogP contribution in [0, 0.1) is 0 Å². The molecule has 9 heteroatoms. The van der Waals surface area contributed by atoms with Crippen molar-refractivity contribution in [3.05, 3.63) is 18.2 Å². The van der Waals surface area contributed by atoms with Gasteiger partial charge in [-0.3, -0.25) is 19.3 Å². The summed E-state index contributed by atoms with van der Waals surface area (Å²) < 4.78 is 15.4. The second-order valence-corrected chi connectivity index (χ2v) is 6.59. The Morgan fingerprint density at radius 1 is 1.18 bits per heavy atom. The van der Waals surface area contributed by atoms with E-state index in [0.29, 0.717) is 36.9 Å². The molecular weight excluding hydrogens is 366 g/mol. The molecule has 3 rings (SSSR count). The van der Waals surface area contributed by atoms with Gasteiger partial charge in [0.2, 0.25) is 5.91 Å². The SMILES string of the molecule is COC(=O)CCC(=O)Nc1ccc2c(c1)N(CCN1CCOCC1)C(=O)CO2. The summed E-state index contributed by atoms with van der Waals surface area (Å²) in [6.45, 7) is 4.38. The number of carbonyl (C=O) groups is 3. The van der Waals surface area contributed by atoms with E-state index in [0.717, 1.165) is 19.6 Å². The van der Waals surface area contributed by atoms with Crippen LogP contribution in [-0.2, 0) is 23.9 Å². The highest BCUT2D eigenvalue weighted by Crippen LogP contribution is 2.34. The van der Waals surface area contributed by atoms with E-state index in [1.165, 1.54) is 7.11 Å². The molecule has 1 N–H and O–H groups in total. The van der Waals surface area contributed by atoms with Gasteiger partial charge in [0, 0.05) is 38.3 Å². The molecule has 0 spiro atoms. The lowest BCUT2D eigenvalue weighted by molar-refractivity contribution is -0.141. The van der Waals surface area contributed by atoms with E-state index in [-0.39, 0.29) is 31.3 Å². The second kappa shape index (κ2) is 9.52. The minimum atomic E-state index is -0.436. The van der Waals surface area contributed by atoms with E-state index < -0.39 is 5.97 Å². The van der Waals surface area contributed by atoms with Crippen LogP contribution in [-0.4, -0.2) is 75.8 Å². The molecule has 0 saturated carbocycles. The number of nitrogens with zero attached hydrogens (tertiary/aromatic N) is 2. The number of fused-ring (bicyclic) bond motifs is 1. The van der Waals surface area contributed by atoms with Gasteiger partial charge in [-0.25, -0.2) is 0 Å². The molecule has 1 aromatic carbocycles. The van der Waals surface area contributed by atoms with Crippen molar-refractivity contribution in [3.8, 4) is 5.75 Å². The quantitative estimate of drug-likeness (QED) is 0.681. The molecule has 2 heterocycles. The molecule has 0 atom stereocenters. The third kappa shape index (κ3) is 5.20. The van der Waals surface area contributed by atoms with Gasteiger partial charge in [0.15, 0.2) is 6.61 Å². The molecule has 0 bridgehead atoms. The molecular formula is C19H25N3O6. The molecule has 1 fully saturated rings. The minimum absolute atomic E-state index is 0.000939. The van der Waals surface area contributed by atoms with Crippen molar-refractivity contribution in [2.24, 2.45) is 0 Å². The number of hydrogen-bond donors (Lipinski definition) is 1. The first-order valence-corrected chi connectivity index (χ1v) is 9.31. The zero-order valence-electron chi connectivity index (χ0n) is 15.9. The first-order chi connectivity index (χ1) is 13.6. The van der Waals surface area contributed by atoms with Crippen molar-refractivity contribution in [2.75, 3.05) is 63.3 Å². The summed E-state index contributed by atoms with van der Waals surface area (Å²) in [6.07, 6.45) is 0.0421. The van der Waals surface area contributed by atoms with Crippen LogP contribution in [0.25, 0.3) is 0 Å². The Kier molecular flexibility index (Phi) is 6.83. The Balaban J connectivity index is 1.65.